The first-order valence-corrected chi connectivity index (χ1v) is 11.3. The molecule has 2 aromatic rings. The fourth-order valence-corrected chi connectivity index (χ4v) is 5.59. The van der Waals surface area contributed by atoms with E-state index in [-0.39, 0.29) is 11.3 Å². The largest absolute Gasteiger partial charge is 0.325 e. The zero-order chi connectivity index (χ0) is 19.2. The molecule has 0 saturated carbocycles. The summed E-state index contributed by atoms with van der Waals surface area (Å²) in [5, 5.41) is 0. The van der Waals surface area contributed by atoms with E-state index in [4.69, 9.17) is 4.98 Å². The van der Waals surface area contributed by atoms with Crippen LogP contribution in [0.2, 0.25) is 0 Å². The fraction of sp³-hybridized carbons (Fsp3) is 0.550. The molecule has 0 amide bonds. The van der Waals surface area contributed by atoms with Crippen LogP contribution in [-0.4, -0.2) is 59.6 Å². The van der Waals surface area contributed by atoms with Crippen molar-refractivity contribution in [1.29, 1.82) is 0 Å². The Kier molecular flexibility index (Phi) is 4.64. The number of aryl methyl sites for hydroxylation is 1. The van der Waals surface area contributed by atoms with E-state index in [1.807, 2.05) is 6.20 Å². The highest BCUT2D eigenvalue weighted by Crippen LogP contribution is 2.42. The van der Waals surface area contributed by atoms with E-state index >= 15 is 0 Å². The van der Waals surface area contributed by atoms with Gasteiger partial charge in [-0.2, -0.15) is 0 Å². The van der Waals surface area contributed by atoms with Gasteiger partial charge in [0.05, 0.1) is 23.2 Å². The number of hydrogen-bond acceptors (Lipinski definition) is 4. The van der Waals surface area contributed by atoms with Gasteiger partial charge >= 0.3 is 0 Å². The second kappa shape index (κ2) is 6.72. The highest BCUT2D eigenvalue weighted by molar-refractivity contribution is 7.89. The van der Waals surface area contributed by atoms with Gasteiger partial charge in [-0.25, -0.2) is 17.7 Å². The molecule has 4 rings (SSSR count). The smallest absolute Gasteiger partial charge is 0.213 e. The molecule has 0 radical (unpaired) electrons. The topological polar surface area (TPSA) is 58.4 Å². The Morgan fingerprint density at radius 1 is 1.07 bits per heavy atom. The highest BCUT2D eigenvalue weighted by atomic mass is 32.2. The van der Waals surface area contributed by atoms with Gasteiger partial charge in [-0.3, -0.25) is 4.90 Å². The molecule has 1 fully saturated rings. The quantitative estimate of drug-likeness (QED) is 0.810. The molecule has 27 heavy (non-hydrogen) atoms. The molecule has 1 aromatic carbocycles. The van der Waals surface area contributed by atoms with Crippen LogP contribution in [0, 0.1) is 6.92 Å². The molecule has 2 aliphatic heterocycles. The van der Waals surface area contributed by atoms with Crippen molar-refractivity contribution in [2.24, 2.45) is 0 Å². The molecule has 6 nitrogen and oxygen atoms in total. The van der Waals surface area contributed by atoms with Gasteiger partial charge in [0.25, 0.3) is 0 Å². The molecule has 3 heterocycles. The number of sulfonamides is 1. The van der Waals surface area contributed by atoms with E-state index < -0.39 is 10.0 Å². The van der Waals surface area contributed by atoms with Gasteiger partial charge in [0.2, 0.25) is 10.0 Å². The molecule has 0 aliphatic carbocycles. The van der Waals surface area contributed by atoms with Gasteiger partial charge < -0.3 is 4.57 Å². The van der Waals surface area contributed by atoms with E-state index in [1.165, 1.54) is 11.1 Å². The molecule has 0 atom stereocenters. The van der Waals surface area contributed by atoms with Crippen molar-refractivity contribution in [2.75, 3.05) is 32.4 Å². The minimum absolute atomic E-state index is 0.169. The summed E-state index contributed by atoms with van der Waals surface area (Å²) in [6, 6.07) is 8.57. The third kappa shape index (κ3) is 3.02. The maximum atomic E-state index is 12.3. The third-order valence-electron chi connectivity index (χ3n) is 6.32. The number of imidazole rings is 1. The molecule has 0 N–H and O–H groups in total. The van der Waals surface area contributed by atoms with E-state index in [1.54, 1.807) is 11.2 Å². The standard InChI is InChI=1S/C20H28N4O2S/c1-4-27(25,26)23-11-9-20(10-12-23)19-21-15-18(24(19)14-13-22(20)3)17-7-5-16(2)6-8-17/h5-8,15H,4,9-14H2,1-3H3. The SMILES string of the molecule is CCS(=O)(=O)N1CCC2(CC1)c1ncc(-c3ccc(C)cc3)n1CCN2C. The Morgan fingerprint density at radius 2 is 1.74 bits per heavy atom. The lowest BCUT2D eigenvalue weighted by Gasteiger charge is -2.49. The number of aromatic nitrogens is 2. The maximum absolute atomic E-state index is 12.3. The molecule has 0 unspecified atom stereocenters. The Balaban J connectivity index is 1.68. The number of piperidine rings is 1. The van der Waals surface area contributed by atoms with Crippen molar-refractivity contribution >= 4 is 10.0 Å². The van der Waals surface area contributed by atoms with E-state index in [0.717, 1.165) is 37.4 Å². The molecule has 2 aliphatic rings. The summed E-state index contributed by atoms with van der Waals surface area (Å²) in [5.41, 5.74) is 3.41. The number of nitrogens with zero attached hydrogens (tertiary/aromatic N) is 4. The first-order chi connectivity index (χ1) is 12.9. The highest BCUT2D eigenvalue weighted by Gasteiger charge is 2.47. The number of hydrogen-bond donors (Lipinski definition) is 0. The van der Waals surface area contributed by atoms with Crippen LogP contribution in [-0.2, 0) is 22.1 Å². The van der Waals surface area contributed by atoms with Crippen molar-refractivity contribution in [2.45, 2.75) is 38.8 Å². The second-order valence-corrected chi connectivity index (χ2v) is 10.00. The zero-order valence-corrected chi connectivity index (χ0v) is 17.2. The average Bonchev–Trinajstić information content (AvgIpc) is 3.11. The number of rotatable bonds is 3. The van der Waals surface area contributed by atoms with Crippen LogP contribution in [0.4, 0.5) is 0 Å². The Hall–Kier alpha value is -1.70. The molecule has 1 saturated heterocycles. The first kappa shape index (κ1) is 18.7. The van der Waals surface area contributed by atoms with Crippen LogP contribution in [0.3, 0.4) is 0 Å². The minimum atomic E-state index is -3.13. The maximum Gasteiger partial charge on any atom is 0.213 e. The zero-order valence-electron chi connectivity index (χ0n) is 16.4. The first-order valence-electron chi connectivity index (χ1n) is 9.69. The van der Waals surface area contributed by atoms with Gasteiger partial charge in [-0.05, 0) is 39.3 Å². The van der Waals surface area contributed by atoms with Crippen LogP contribution in [0.1, 0.15) is 31.2 Å². The molecule has 1 aromatic heterocycles. The van der Waals surface area contributed by atoms with Crippen molar-refractivity contribution in [3.05, 3.63) is 41.9 Å². The summed E-state index contributed by atoms with van der Waals surface area (Å²) >= 11 is 0. The summed E-state index contributed by atoms with van der Waals surface area (Å²) in [4.78, 5) is 7.22. The second-order valence-electron chi connectivity index (χ2n) is 7.74. The van der Waals surface area contributed by atoms with Crippen molar-refractivity contribution in [1.82, 2.24) is 18.8 Å². The summed E-state index contributed by atoms with van der Waals surface area (Å²) in [5.74, 6) is 1.25. The fourth-order valence-electron chi connectivity index (χ4n) is 4.49. The monoisotopic (exact) mass is 388 g/mol. The van der Waals surface area contributed by atoms with E-state index in [0.29, 0.717) is 13.1 Å². The lowest BCUT2D eigenvalue weighted by atomic mass is 9.84. The molecule has 0 bridgehead atoms. The Bertz CT molecular complexity index is 925. The summed E-state index contributed by atoms with van der Waals surface area (Å²) in [6.07, 6.45) is 3.55. The Morgan fingerprint density at radius 3 is 2.37 bits per heavy atom. The van der Waals surface area contributed by atoms with Gasteiger partial charge in [0, 0.05) is 26.2 Å². The molecular formula is C20H28N4O2S. The van der Waals surface area contributed by atoms with Crippen molar-refractivity contribution in [3.63, 3.8) is 0 Å². The molecule has 1 spiro atoms. The minimum Gasteiger partial charge on any atom is -0.325 e. The Labute approximate surface area is 161 Å². The lowest BCUT2D eigenvalue weighted by molar-refractivity contribution is 0.0275. The predicted octanol–water partition coefficient (Wildman–Crippen LogP) is 2.44. The summed E-state index contributed by atoms with van der Waals surface area (Å²) < 4.78 is 28.5. The lowest BCUT2D eigenvalue weighted by Crippen LogP contribution is -2.57. The van der Waals surface area contributed by atoms with Crippen LogP contribution in [0.5, 0.6) is 0 Å². The van der Waals surface area contributed by atoms with E-state index in [2.05, 4.69) is 47.7 Å². The number of benzene rings is 1. The van der Waals surface area contributed by atoms with Gasteiger partial charge in [-0.15, -0.1) is 0 Å². The van der Waals surface area contributed by atoms with Crippen LogP contribution in [0.15, 0.2) is 30.5 Å². The summed E-state index contributed by atoms with van der Waals surface area (Å²) in [6.45, 7) is 6.79. The van der Waals surface area contributed by atoms with Crippen LogP contribution in [0.25, 0.3) is 11.3 Å². The van der Waals surface area contributed by atoms with Crippen LogP contribution >= 0.6 is 0 Å². The normalized spacial score (nSPS) is 20.7. The van der Waals surface area contributed by atoms with E-state index in [9.17, 15) is 8.42 Å². The number of fused-ring (bicyclic) bond motifs is 2. The van der Waals surface area contributed by atoms with Crippen LogP contribution < -0.4 is 0 Å². The van der Waals surface area contributed by atoms with Gasteiger partial charge in [-0.1, -0.05) is 29.8 Å². The molecule has 146 valence electrons. The third-order valence-corrected chi connectivity index (χ3v) is 8.20. The average molecular weight is 389 g/mol. The number of likely N-dealkylation sites (N-methyl/N-ethyl adjacent to an activating group) is 1. The van der Waals surface area contributed by atoms with Crippen molar-refractivity contribution < 1.29 is 8.42 Å². The van der Waals surface area contributed by atoms with Gasteiger partial charge in [0.15, 0.2) is 0 Å². The summed E-state index contributed by atoms with van der Waals surface area (Å²) in [7, 11) is -0.979. The molecular weight excluding hydrogens is 360 g/mol. The van der Waals surface area contributed by atoms with Gasteiger partial charge in [0.1, 0.15) is 5.82 Å². The predicted molar refractivity (Wildman–Crippen MR) is 107 cm³/mol. The molecule has 7 heteroatoms. The van der Waals surface area contributed by atoms with Crippen molar-refractivity contribution in [3.8, 4) is 11.3 Å².